The van der Waals surface area contributed by atoms with E-state index in [1.54, 1.807) is 11.5 Å². The summed E-state index contributed by atoms with van der Waals surface area (Å²) in [5, 5.41) is 36.6. The summed E-state index contributed by atoms with van der Waals surface area (Å²) in [5.41, 5.74) is 0.950. The van der Waals surface area contributed by atoms with Crippen molar-refractivity contribution < 1.29 is 19.4 Å². The number of aromatic nitrogens is 3. The number of hydrogen-bond acceptors (Lipinski definition) is 9. The minimum atomic E-state index is -0.562. The maximum atomic E-state index is 12.9. The van der Waals surface area contributed by atoms with Gasteiger partial charge in [0.25, 0.3) is 17.3 Å². The lowest BCUT2D eigenvalue weighted by atomic mass is 10.0. The van der Waals surface area contributed by atoms with Crippen molar-refractivity contribution >= 4 is 40.6 Å². The van der Waals surface area contributed by atoms with Gasteiger partial charge in [-0.2, -0.15) is 0 Å². The standard InChI is InChI=1S/C24H27N7O6S/c1-5-29-22(21(14(2)3)26-23(33)16-7-6-8-17(12-16)30(34)35)27-28-24(29)38-13-20(32)25-19-10-9-18(31(36)37)11-15(19)4/h6-12,14,21H,5,13H2,1-4H3,(H,25,32)(H,26,33)/t21-/m1/s1. The number of aryl methyl sites for hydroxylation is 1. The first kappa shape index (κ1) is 28.2. The van der Waals surface area contributed by atoms with Crippen LogP contribution in [0.1, 0.15) is 48.6 Å². The van der Waals surface area contributed by atoms with E-state index in [9.17, 15) is 29.8 Å². The van der Waals surface area contributed by atoms with Crippen molar-refractivity contribution in [3.8, 4) is 0 Å². The fraction of sp³-hybridized carbons (Fsp3) is 0.333. The van der Waals surface area contributed by atoms with Gasteiger partial charge < -0.3 is 15.2 Å². The molecule has 1 atom stereocenters. The SMILES string of the molecule is CCn1c(SCC(=O)Nc2ccc([N+](=O)[O-])cc2C)nnc1[C@H](NC(=O)c1cccc([N+](=O)[O-])c1)C(C)C. The number of anilines is 1. The van der Waals surface area contributed by atoms with Gasteiger partial charge in [-0.25, -0.2) is 0 Å². The van der Waals surface area contributed by atoms with E-state index in [0.717, 1.165) is 11.8 Å². The first-order chi connectivity index (χ1) is 18.0. The lowest BCUT2D eigenvalue weighted by Crippen LogP contribution is -2.33. The highest BCUT2D eigenvalue weighted by Gasteiger charge is 2.27. The molecule has 0 bridgehead atoms. The number of benzene rings is 2. The highest BCUT2D eigenvalue weighted by atomic mass is 32.2. The van der Waals surface area contributed by atoms with Gasteiger partial charge in [-0.3, -0.25) is 29.8 Å². The van der Waals surface area contributed by atoms with Crippen LogP contribution in [0.4, 0.5) is 17.1 Å². The Balaban J connectivity index is 1.72. The number of thioether (sulfide) groups is 1. The highest BCUT2D eigenvalue weighted by molar-refractivity contribution is 7.99. The molecule has 0 aliphatic rings. The van der Waals surface area contributed by atoms with Gasteiger partial charge in [-0.15, -0.1) is 10.2 Å². The van der Waals surface area contributed by atoms with E-state index in [1.165, 1.54) is 42.5 Å². The molecule has 2 aromatic carbocycles. The summed E-state index contributed by atoms with van der Waals surface area (Å²) in [6, 6.07) is 9.12. The highest BCUT2D eigenvalue weighted by Crippen LogP contribution is 2.27. The molecule has 0 spiro atoms. The Morgan fingerprint density at radius 3 is 2.34 bits per heavy atom. The number of nitro benzene ring substituents is 2. The molecular weight excluding hydrogens is 514 g/mol. The molecule has 2 N–H and O–H groups in total. The van der Waals surface area contributed by atoms with Crippen LogP contribution in [-0.4, -0.2) is 42.2 Å². The van der Waals surface area contributed by atoms with Crippen LogP contribution in [0.15, 0.2) is 47.6 Å². The summed E-state index contributed by atoms with van der Waals surface area (Å²) in [7, 11) is 0. The maximum Gasteiger partial charge on any atom is 0.270 e. The molecule has 200 valence electrons. The number of amides is 2. The molecular formula is C24H27N7O6S. The zero-order chi connectivity index (χ0) is 28.0. The van der Waals surface area contributed by atoms with Gasteiger partial charge in [0.05, 0.1) is 21.6 Å². The van der Waals surface area contributed by atoms with Gasteiger partial charge in [-0.1, -0.05) is 31.7 Å². The molecule has 0 radical (unpaired) electrons. The number of nitrogens with zero attached hydrogens (tertiary/aromatic N) is 5. The van der Waals surface area contributed by atoms with Crippen molar-refractivity contribution in [1.29, 1.82) is 0 Å². The average Bonchev–Trinajstić information content (AvgIpc) is 3.29. The van der Waals surface area contributed by atoms with Crippen LogP contribution in [0, 0.1) is 33.1 Å². The fourth-order valence-corrected chi connectivity index (χ4v) is 4.48. The van der Waals surface area contributed by atoms with Gasteiger partial charge in [0.1, 0.15) is 0 Å². The van der Waals surface area contributed by atoms with Crippen molar-refractivity contribution in [3.05, 3.63) is 79.6 Å². The van der Waals surface area contributed by atoms with E-state index in [1.807, 2.05) is 20.8 Å². The molecule has 2 amide bonds. The van der Waals surface area contributed by atoms with Crippen LogP contribution in [0.2, 0.25) is 0 Å². The number of carbonyl (C=O) groups is 2. The van der Waals surface area contributed by atoms with Crippen molar-refractivity contribution in [2.24, 2.45) is 5.92 Å². The Labute approximate surface area is 222 Å². The summed E-state index contributed by atoms with van der Waals surface area (Å²) < 4.78 is 1.80. The molecule has 0 unspecified atom stereocenters. The van der Waals surface area contributed by atoms with Crippen LogP contribution in [0.3, 0.4) is 0 Å². The summed E-state index contributed by atoms with van der Waals surface area (Å²) in [5.74, 6) is -0.376. The quantitative estimate of drug-likeness (QED) is 0.204. The van der Waals surface area contributed by atoms with Crippen molar-refractivity contribution in [3.63, 3.8) is 0 Å². The zero-order valence-electron chi connectivity index (χ0n) is 21.2. The van der Waals surface area contributed by atoms with Crippen LogP contribution >= 0.6 is 11.8 Å². The molecule has 0 fully saturated rings. The molecule has 1 aromatic heterocycles. The van der Waals surface area contributed by atoms with Crippen LogP contribution in [0.25, 0.3) is 0 Å². The van der Waals surface area contributed by atoms with Crippen LogP contribution in [0.5, 0.6) is 0 Å². The predicted octanol–water partition coefficient (Wildman–Crippen LogP) is 4.28. The molecule has 0 saturated carbocycles. The largest absolute Gasteiger partial charge is 0.342 e. The maximum absolute atomic E-state index is 12.9. The molecule has 38 heavy (non-hydrogen) atoms. The molecule has 13 nitrogen and oxygen atoms in total. The van der Waals surface area contributed by atoms with Gasteiger partial charge in [0, 0.05) is 42.1 Å². The van der Waals surface area contributed by atoms with Crippen molar-refractivity contribution in [1.82, 2.24) is 20.1 Å². The predicted molar refractivity (Wildman–Crippen MR) is 141 cm³/mol. The summed E-state index contributed by atoms with van der Waals surface area (Å²) in [6.45, 7) is 7.84. The van der Waals surface area contributed by atoms with E-state index in [-0.39, 0.29) is 34.5 Å². The number of non-ortho nitro benzene ring substituents is 2. The first-order valence-corrected chi connectivity index (χ1v) is 12.7. The van der Waals surface area contributed by atoms with E-state index in [0.29, 0.717) is 28.8 Å². The first-order valence-electron chi connectivity index (χ1n) is 11.7. The number of nitro groups is 2. The summed E-state index contributed by atoms with van der Waals surface area (Å²) in [6.07, 6.45) is 0. The molecule has 0 aliphatic heterocycles. The summed E-state index contributed by atoms with van der Waals surface area (Å²) in [4.78, 5) is 46.4. The fourth-order valence-electron chi connectivity index (χ4n) is 3.67. The molecule has 3 rings (SSSR count). The van der Waals surface area contributed by atoms with Crippen LogP contribution in [-0.2, 0) is 11.3 Å². The Hall–Kier alpha value is -4.33. The van der Waals surface area contributed by atoms with Gasteiger partial charge in [-0.05, 0) is 37.5 Å². The second-order valence-electron chi connectivity index (χ2n) is 8.68. The molecule has 1 heterocycles. The third kappa shape index (κ3) is 6.70. The number of rotatable bonds is 11. The normalized spacial score (nSPS) is 11.7. The zero-order valence-corrected chi connectivity index (χ0v) is 22.0. The minimum absolute atomic E-state index is 0.0148. The lowest BCUT2D eigenvalue weighted by Gasteiger charge is -2.22. The molecule has 0 saturated heterocycles. The topological polar surface area (TPSA) is 175 Å². The number of carbonyl (C=O) groups excluding carboxylic acids is 2. The van der Waals surface area contributed by atoms with E-state index >= 15 is 0 Å². The Kier molecular flexibility index (Phi) is 9.12. The Morgan fingerprint density at radius 1 is 1.05 bits per heavy atom. The van der Waals surface area contributed by atoms with Gasteiger partial charge in [0.15, 0.2) is 11.0 Å². The Bertz CT molecular complexity index is 1370. The Morgan fingerprint density at radius 2 is 1.74 bits per heavy atom. The van der Waals surface area contributed by atoms with Gasteiger partial charge >= 0.3 is 0 Å². The monoisotopic (exact) mass is 541 g/mol. The molecule has 0 aliphatic carbocycles. The summed E-state index contributed by atoms with van der Waals surface area (Å²) >= 11 is 1.16. The minimum Gasteiger partial charge on any atom is -0.342 e. The van der Waals surface area contributed by atoms with E-state index in [2.05, 4.69) is 20.8 Å². The van der Waals surface area contributed by atoms with Crippen molar-refractivity contribution in [2.75, 3.05) is 11.1 Å². The molecule has 3 aromatic rings. The van der Waals surface area contributed by atoms with Gasteiger partial charge in [0.2, 0.25) is 5.91 Å². The number of nitrogens with one attached hydrogen (secondary N) is 2. The molecule has 14 heteroatoms. The lowest BCUT2D eigenvalue weighted by molar-refractivity contribution is -0.385. The van der Waals surface area contributed by atoms with E-state index in [4.69, 9.17) is 0 Å². The third-order valence-electron chi connectivity index (χ3n) is 5.64. The smallest absolute Gasteiger partial charge is 0.270 e. The second kappa shape index (κ2) is 12.3. The average molecular weight is 542 g/mol. The van der Waals surface area contributed by atoms with Crippen molar-refractivity contribution in [2.45, 2.75) is 45.4 Å². The third-order valence-corrected chi connectivity index (χ3v) is 6.61. The second-order valence-corrected chi connectivity index (χ2v) is 9.62. The van der Waals surface area contributed by atoms with E-state index < -0.39 is 21.8 Å². The number of hydrogen-bond donors (Lipinski definition) is 2. The van der Waals surface area contributed by atoms with Crippen LogP contribution < -0.4 is 10.6 Å².